The lowest BCUT2D eigenvalue weighted by atomic mass is 9.89. The van der Waals surface area contributed by atoms with E-state index < -0.39 is 0 Å². The first-order chi connectivity index (χ1) is 13.8. The molecule has 0 aromatic carbocycles. The molecule has 8 nitrogen and oxygen atoms in total. The van der Waals surface area contributed by atoms with Crippen molar-refractivity contribution in [2.24, 2.45) is 4.99 Å². The van der Waals surface area contributed by atoms with Gasteiger partial charge in [-0.05, 0) is 54.6 Å². The number of aryl methyl sites for hydroxylation is 1. The van der Waals surface area contributed by atoms with Gasteiger partial charge < -0.3 is 25.0 Å². The van der Waals surface area contributed by atoms with Gasteiger partial charge in [-0.3, -0.25) is 4.99 Å². The largest absolute Gasteiger partial charge is 0.462 e. The summed E-state index contributed by atoms with van der Waals surface area (Å²) in [7, 11) is 4.22. The molecule has 9 heteroatoms. The van der Waals surface area contributed by atoms with Gasteiger partial charge in [-0.15, -0.1) is 11.3 Å². The van der Waals surface area contributed by atoms with Crippen LogP contribution in [0.1, 0.15) is 60.0 Å². The molecule has 2 rings (SSSR count). The zero-order valence-corrected chi connectivity index (χ0v) is 19.3. The molecule has 1 aromatic heterocycles. The second-order valence-corrected chi connectivity index (χ2v) is 8.51. The number of guanidine groups is 1. The van der Waals surface area contributed by atoms with Crippen molar-refractivity contribution >= 4 is 23.3 Å². The Morgan fingerprint density at radius 1 is 1.38 bits per heavy atom. The van der Waals surface area contributed by atoms with E-state index in [1.807, 2.05) is 20.8 Å². The Morgan fingerprint density at radius 3 is 2.66 bits per heavy atom. The van der Waals surface area contributed by atoms with Crippen LogP contribution < -0.4 is 10.6 Å². The van der Waals surface area contributed by atoms with E-state index in [0.29, 0.717) is 23.7 Å². The lowest BCUT2D eigenvalue weighted by Crippen LogP contribution is -2.51. The van der Waals surface area contributed by atoms with Crippen LogP contribution in [-0.2, 0) is 9.47 Å². The summed E-state index contributed by atoms with van der Waals surface area (Å²) in [6, 6.07) is -0.0790. The van der Waals surface area contributed by atoms with Gasteiger partial charge in [0.25, 0.3) is 0 Å². The van der Waals surface area contributed by atoms with Crippen LogP contribution in [0.25, 0.3) is 0 Å². The maximum Gasteiger partial charge on any atom is 0.350 e. The van der Waals surface area contributed by atoms with Gasteiger partial charge in [0, 0.05) is 25.3 Å². The molecule has 1 saturated heterocycles. The quantitative estimate of drug-likeness (QED) is 0.375. The van der Waals surface area contributed by atoms with Gasteiger partial charge in [-0.25, -0.2) is 9.78 Å². The summed E-state index contributed by atoms with van der Waals surface area (Å²) in [6.07, 6.45) is 1.93. The number of hydrogen-bond donors (Lipinski definition) is 2. The van der Waals surface area contributed by atoms with Gasteiger partial charge in [0.1, 0.15) is 9.88 Å². The van der Waals surface area contributed by atoms with Crippen LogP contribution in [0.2, 0.25) is 0 Å². The Morgan fingerprint density at radius 2 is 2.07 bits per heavy atom. The normalized spacial score (nSPS) is 17.8. The summed E-state index contributed by atoms with van der Waals surface area (Å²) in [5, 5.41) is 7.58. The number of carbonyl (C=O) groups is 1. The maximum absolute atomic E-state index is 12.1. The van der Waals surface area contributed by atoms with E-state index in [2.05, 4.69) is 34.6 Å². The Labute approximate surface area is 178 Å². The van der Waals surface area contributed by atoms with Crippen molar-refractivity contribution in [2.75, 3.05) is 47.0 Å². The van der Waals surface area contributed by atoms with Gasteiger partial charge in [0.2, 0.25) is 0 Å². The molecule has 0 bridgehead atoms. The SMILES string of the molecule is CCNC(=NCC1(N(C)C)CCOCC1)NC(C)c1nc(C)c(C(=O)OCC)s1. The fraction of sp³-hybridized carbons (Fsp3) is 0.750. The average molecular weight is 426 g/mol. The first kappa shape index (κ1) is 23.6. The molecule has 1 aliphatic heterocycles. The number of aromatic nitrogens is 1. The molecule has 29 heavy (non-hydrogen) atoms. The number of esters is 1. The van der Waals surface area contributed by atoms with E-state index in [4.69, 9.17) is 14.5 Å². The molecule has 0 saturated carbocycles. The molecule has 1 fully saturated rings. The van der Waals surface area contributed by atoms with Crippen molar-refractivity contribution in [3.63, 3.8) is 0 Å². The first-order valence-corrected chi connectivity index (χ1v) is 11.1. The molecule has 0 spiro atoms. The van der Waals surface area contributed by atoms with Crippen molar-refractivity contribution < 1.29 is 14.3 Å². The zero-order chi connectivity index (χ0) is 21.4. The number of likely N-dealkylation sites (N-methyl/N-ethyl adjacent to an activating group) is 1. The standard InChI is InChI=1S/C20H35N5O3S/c1-7-21-19(22-13-20(25(5)6)9-11-27-12-10-20)24-15(4)17-23-14(3)16(29-17)18(26)28-8-2/h15H,7-13H2,1-6H3,(H2,21,22,24). The molecule has 2 N–H and O–H groups in total. The Balaban J connectivity index is 2.12. The Hall–Kier alpha value is -1.71. The van der Waals surface area contributed by atoms with E-state index in [-0.39, 0.29) is 17.6 Å². The minimum Gasteiger partial charge on any atom is -0.462 e. The van der Waals surface area contributed by atoms with Crippen LogP contribution in [0.15, 0.2) is 4.99 Å². The fourth-order valence-electron chi connectivity index (χ4n) is 3.30. The number of aliphatic imine (C=N–C) groups is 1. The van der Waals surface area contributed by atoms with Gasteiger partial charge in [-0.1, -0.05) is 0 Å². The van der Waals surface area contributed by atoms with Crippen LogP contribution in [0.5, 0.6) is 0 Å². The van der Waals surface area contributed by atoms with Gasteiger partial charge in [0.15, 0.2) is 5.96 Å². The number of ether oxygens (including phenoxy) is 2. The molecule has 164 valence electrons. The second-order valence-electron chi connectivity index (χ2n) is 7.48. The maximum atomic E-state index is 12.1. The predicted molar refractivity (Wildman–Crippen MR) is 117 cm³/mol. The topological polar surface area (TPSA) is 88.1 Å². The number of hydrogen-bond acceptors (Lipinski definition) is 7. The molecule has 0 radical (unpaired) electrons. The number of nitrogens with zero attached hydrogens (tertiary/aromatic N) is 3. The molecule has 0 aliphatic carbocycles. The van der Waals surface area contributed by atoms with Gasteiger partial charge in [-0.2, -0.15) is 0 Å². The summed E-state index contributed by atoms with van der Waals surface area (Å²) < 4.78 is 10.7. The Kier molecular flexibility index (Phi) is 8.85. The molecule has 1 aliphatic rings. The highest BCUT2D eigenvalue weighted by molar-refractivity contribution is 7.13. The molecular formula is C20H35N5O3S. The third kappa shape index (κ3) is 6.13. The van der Waals surface area contributed by atoms with Crippen molar-refractivity contribution in [2.45, 2.75) is 52.1 Å². The zero-order valence-electron chi connectivity index (χ0n) is 18.5. The smallest absolute Gasteiger partial charge is 0.350 e. The summed E-state index contributed by atoms with van der Waals surface area (Å²) in [4.78, 5) is 24.3. The van der Waals surface area contributed by atoms with E-state index >= 15 is 0 Å². The Bertz CT molecular complexity index is 698. The average Bonchev–Trinajstić information content (AvgIpc) is 3.09. The van der Waals surface area contributed by atoms with Crippen molar-refractivity contribution in [3.05, 3.63) is 15.6 Å². The lowest BCUT2D eigenvalue weighted by Gasteiger charge is -2.41. The van der Waals surface area contributed by atoms with Gasteiger partial charge >= 0.3 is 5.97 Å². The monoisotopic (exact) mass is 425 g/mol. The summed E-state index contributed by atoms with van der Waals surface area (Å²) >= 11 is 1.37. The minimum atomic E-state index is -0.311. The number of rotatable bonds is 8. The third-order valence-electron chi connectivity index (χ3n) is 5.25. The van der Waals surface area contributed by atoms with Crippen LogP contribution in [-0.4, -0.2) is 74.4 Å². The molecule has 2 heterocycles. The number of carbonyl (C=O) groups excluding carboxylic acids is 1. The van der Waals surface area contributed by atoms with E-state index in [9.17, 15) is 4.79 Å². The second kappa shape index (κ2) is 10.9. The van der Waals surface area contributed by atoms with Crippen LogP contribution in [0.3, 0.4) is 0 Å². The van der Waals surface area contributed by atoms with E-state index in [1.54, 1.807) is 6.92 Å². The highest BCUT2D eigenvalue weighted by Crippen LogP contribution is 2.27. The lowest BCUT2D eigenvalue weighted by molar-refractivity contribution is -0.00255. The summed E-state index contributed by atoms with van der Waals surface area (Å²) in [5.74, 6) is 0.437. The highest BCUT2D eigenvalue weighted by Gasteiger charge is 2.34. The third-order valence-corrected chi connectivity index (χ3v) is 6.57. The fourth-order valence-corrected chi connectivity index (χ4v) is 4.26. The van der Waals surface area contributed by atoms with Crippen LogP contribution in [0, 0.1) is 6.92 Å². The molecule has 1 atom stereocenters. The van der Waals surface area contributed by atoms with E-state index in [1.165, 1.54) is 11.3 Å². The highest BCUT2D eigenvalue weighted by atomic mass is 32.1. The summed E-state index contributed by atoms with van der Waals surface area (Å²) in [5.41, 5.74) is 0.714. The number of nitrogens with one attached hydrogen (secondary N) is 2. The first-order valence-electron chi connectivity index (χ1n) is 10.3. The molecular weight excluding hydrogens is 390 g/mol. The van der Waals surface area contributed by atoms with Gasteiger partial charge in [0.05, 0.1) is 24.9 Å². The summed E-state index contributed by atoms with van der Waals surface area (Å²) in [6.45, 7) is 11.1. The predicted octanol–water partition coefficient (Wildman–Crippen LogP) is 2.36. The van der Waals surface area contributed by atoms with Crippen molar-refractivity contribution in [1.29, 1.82) is 0 Å². The van der Waals surface area contributed by atoms with E-state index in [0.717, 1.165) is 43.6 Å². The van der Waals surface area contributed by atoms with Crippen LogP contribution >= 0.6 is 11.3 Å². The van der Waals surface area contributed by atoms with Crippen LogP contribution in [0.4, 0.5) is 0 Å². The minimum absolute atomic E-state index is 0.0126. The molecule has 1 unspecified atom stereocenters. The van der Waals surface area contributed by atoms with Crippen molar-refractivity contribution in [1.82, 2.24) is 20.5 Å². The number of thiazole rings is 1. The molecule has 1 aromatic rings. The molecule has 0 amide bonds. The van der Waals surface area contributed by atoms with Crippen molar-refractivity contribution in [3.8, 4) is 0 Å².